The highest BCUT2D eigenvalue weighted by atomic mass is 16.4. The van der Waals surface area contributed by atoms with Gasteiger partial charge in [-0.15, -0.1) is 0 Å². The predicted octanol–water partition coefficient (Wildman–Crippen LogP) is 2.96. The Morgan fingerprint density at radius 1 is 1.24 bits per heavy atom. The number of hydrogen-bond donors (Lipinski definition) is 2. The minimum atomic E-state index is -0.973. The first kappa shape index (κ1) is 13.9. The largest absolute Gasteiger partial charge is 0.478 e. The third-order valence-corrected chi connectivity index (χ3v) is 4.82. The fourth-order valence-corrected chi connectivity index (χ4v) is 3.60. The molecule has 0 radical (unpaired) electrons. The normalized spacial score (nSPS) is 24.0. The number of carbonyl (C=O) groups is 2. The van der Waals surface area contributed by atoms with Gasteiger partial charge in [-0.25, -0.2) is 9.59 Å². The van der Waals surface area contributed by atoms with Crippen LogP contribution in [0.2, 0.25) is 0 Å². The molecule has 0 aromatic heterocycles. The van der Waals surface area contributed by atoms with Crippen molar-refractivity contribution in [1.29, 1.82) is 0 Å². The average molecular weight is 288 g/mol. The number of aromatic carboxylic acids is 1. The van der Waals surface area contributed by atoms with Crippen molar-refractivity contribution in [3.63, 3.8) is 0 Å². The first-order valence-electron chi connectivity index (χ1n) is 7.45. The van der Waals surface area contributed by atoms with Crippen molar-refractivity contribution in [2.24, 2.45) is 11.8 Å². The molecule has 2 atom stereocenters. The first-order valence-corrected chi connectivity index (χ1v) is 7.45. The molecule has 0 bridgehead atoms. The van der Waals surface area contributed by atoms with Gasteiger partial charge in [-0.3, -0.25) is 0 Å². The highest BCUT2D eigenvalue weighted by molar-refractivity contribution is 5.95. The monoisotopic (exact) mass is 288 g/mol. The zero-order valence-electron chi connectivity index (χ0n) is 12.1. The number of carboxylic acids is 1. The lowest BCUT2D eigenvalue weighted by atomic mass is 10.0. The van der Waals surface area contributed by atoms with Crippen molar-refractivity contribution in [2.75, 3.05) is 18.4 Å². The Morgan fingerprint density at radius 2 is 1.90 bits per heavy atom. The molecule has 2 N–H and O–H groups in total. The molecule has 1 saturated carbocycles. The van der Waals surface area contributed by atoms with Gasteiger partial charge in [0.15, 0.2) is 0 Å². The molecule has 112 valence electrons. The number of nitrogens with one attached hydrogen (secondary N) is 1. The van der Waals surface area contributed by atoms with Gasteiger partial charge in [-0.05, 0) is 49.3 Å². The van der Waals surface area contributed by atoms with Gasteiger partial charge < -0.3 is 15.3 Å². The summed E-state index contributed by atoms with van der Waals surface area (Å²) in [5.74, 6) is 0.337. The van der Waals surface area contributed by atoms with Gasteiger partial charge >= 0.3 is 12.0 Å². The Hall–Kier alpha value is -2.04. The average Bonchev–Trinajstić information content (AvgIpc) is 3.01. The van der Waals surface area contributed by atoms with Gasteiger partial charge in [0.1, 0.15) is 0 Å². The van der Waals surface area contributed by atoms with Gasteiger partial charge in [-0.2, -0.15) is 0 Å². The van der Waals surface area contributed by atoms with Gasteiger partial charge in [0.25, 0.3) is 0 Å². The number of carbonyl (C=O) groups excluding carboxylic acids is 1. The molecule has 5 nitrogen and oxygen atoms in total. The minimum absolute atomic E-state index is 0.116. The summed E-state index contributed by atoms with van der Waals surface area (Å²) in [5.41, 5.74) is 1.40. The number of anilines is 1. The maximum absolute atomic E-state index is 12.3. The highest BCUT2D eigenvalue weighted by Crippen LogP contribution is 2.37. The Balaban J connectivity index is 1.71. The maximum Gasteiger partial charge on any atom is 0.336 e. The van der Waals surface area contributed by atoms with E-state index in [4.69, 9.17) is 5.11 Å². The molecular weight excluding hydrogens is 268 g/mol. The summed E-state index contributed by atoms with van der Waals surface area (Å²) in [5, 5.41) is 12.0. The molecule has 5 heteroatoms. The molecule has 2 amide bonds. The van der Waals surface area contributed by atoms with E-state index in [1.54, 1.807) is 25.1 Å². The van der Waals surface area contributed by atoms with Crippen molar-refractivity contribution >= 4 is 17.7 Å². The Bertz CT molecular complexity index is 573. The summed E-state index contributed by atoms with van der Waals surface area (Å²) in [7, 11) is 0. The van der Waals surface area contributed by atoms with E-state index in [1.807, 2.05) is 4.90 Å². The number of hydrogen-bond acceptors (Lipinski definition) is 2. The summed E-state index contributed by atoms with van der Waals surface area (Å²) in [4.78, 5) is 25.3. The second kappa shape index (κ2) is 5.39. The molecule has 21 heavy (non-hydrogen) atoms. The van der Waals surface area contributed by atoms with Crippen LogP contribution in [0.1, 0.15) is 35.2 Å². The molecule has 1 aromatic rings. The number of rotatable bonds is 2. The van der Waals surface area contributed by atoms with Crippen LogP contribution >= 0.6 is 0 Å². The van der Waals surface area contributed by atoms with Crippen LogP contribution in [0.25, 0.3) is 0 Å². The van der Waals surface area contributed by atoms with Crippen molar-refractivity contribution in [2.45, 2.75) is 26.2 Å². The van der Waals surface area contributed by atoms with Crippen LogP contribution in [0.5, 0.6) is 0 Å². The predicted molar refractivity (Wildman–Crippen MR) is 79.6 cm³/mol. The van der Waals surface area contributed by atoms with Crippen LogP contribution in [0.3, 0.4) is 0 Å². The Kier molecular flexibility index (Phi) is 3.57. The van der Waals surface area contributed by atoms with Crippen LogP contribution < -0.4 is 5.32 Å². The molecule has 2 unspecified atom stereocenters. The summed E-state index contributed by atoms with van der Waals surface area (Å²) in [6, 6.07) is 4.84. The van der Waals surface area contributed by atoms with E-state index in [2.05, 4.69) is 5.32 Å². The first-order chi connectivity index (χ1) is 10.1. The molecule has 1 aliphatic carbocycles. The third kappa shape index (κ3) is 2.60. The molecule has 1 aromatic carbocycles. The zero-order chi connectivity index (χ0) is 15.0. The Morgan fingerprint density at radius 3 is 2.52 bits per heavy atom. The summed E-state index contributed by atoms with van der Waals surface area (Å²) >= 11 is 0. The van der Waals surface area contributed by atoms with Crippen LogP contribution in [0.15, 0.2) is 18.2 Å². The number of fused-ring (bicyclic) bond motifs is 1. The quantitative estimate of drug-likeness (QED) is 0.879. The second-order valence-electron chi connectivity index (χ2n) is 6.07. The third-order valence-electron chi connectivity index (χ3n) is 4.82. The van der Waals surface area contributed by atoms with Gasteiger partial charge in [0, 0.05) is 18.8 Å². The Labute approximate surface area is 123 Å². The molecule has 3 rings (SSSR count). The van der Waals surface area contributed by atoms with Crippen molar-refractivity contribution < 1.29 is 14.7 Å². The van der Waals surface area contributed by atoms with Gasteiger partial charge in [-0.1, -0.05) is 12.5 Å². The molecule has 2 fully saturated rings. The lowest BCUT2D eigenvalue weighted by Gasteiger charge is -2.19. The fraction of sp³-hybridized carbons (Fsp3) is 0.500. The highest BCUT2D eigenvalue weighted by Gasteiger charge is 2.38. The summed E-state index contributed by atoms with van der Waals surface area (Å²) in [6.45, 7) is 3.38. The number of benzene rings is 1. The van der Waals surface area contributed by atoms with Gasteiger partial charge in [0.05, 0.1) is 5.56 Å². The van der Waals surface area contributed by atoms with Crippen molar-refractivity contribution in [1.82, 2.24) is 4.90 Å². The molecule has 1 saturated heterocycles. The smallest absolute Gasteiger partial charge is 0.336 e. The second-order valence-corrected chi connectivity index (χ2v) is 6.07. The summed E-state index contributed by atoms with van der Waals surface area (Å²) in [6.07, 6.45) is 3.73. The van der Waals surface area contributed by atoms with E-state index in [9.17, 15) is 9.59 Å². The van der Waals surface area contributed by atoms with E-state index < -0.39 is 5.97 Å². The van der Waals surface area contributed by atoms with Gasteiger partial charge in [0.2, 0.25) is 0 Å². The van der Waals surface area contributed by atoms with E-state index in [-0.39, 0.29) is 11.6 Å². The van der Waals surface area contributed by atoms with E-state index in [0.29, 0.717) is 23.1 Å². The molecular formula is C16H20N2O3. The van der Waals surface area contributed by atoms with Crippen molar-refractivity contribution in [3.05, 3.63) is 29.3 Å². The van der Waals surface area contributed by atoms with E-state index >= 15 is 0 Å². The molecule has 2 aliphatic rings. The molecule has 1 heterocycles. The van der Waals surface area contributed by atoms with Crippen LogP contribution in [0, 0.1) is 18.8 Å². The van der Waals surface area contributed by atoms with E-state index in [0.717, 1.165) is 13.1 Å². The number of likely N-dealkylation sites (tertiary alicyclic amines) is 1. The number of amides is 2. The number of urea groups is 1. The minimum Gasteiger partial charge on any atom is -0.478 e. The fourth-order valence-electron chi connectivity index (χ4n) is 3.60. The lowest BCUT2D eigenvalue weighted by Crippen LogP contribution is -2.33. The van der Waals surface area contributed by atoms with Crippen LogP contribution in [0.4, 0.5) is 10.5 Å². The topological polar surface area (TPSA) is 69.6 Å². The number of nitrogens with zero attached hydrogens (tertiary/aromatic N) is 1. The standard InChI is InChI=1S/C16H20N2O3/c1-10-13(15(19)20)6-3-7-14(10)17-16(21)18-8-11-4-2-5-12(11)9-18/h3,6-7,11-12H,2,4-5,8-9H2,1H3,(H,17,21)(H,19,20). The maximum atomic E-state index is 12.3. The molecule has 1 aliphatic heterocycles. The van der Waals surface area contributed by atoms with Crippen molar-refractivity contribution in [3.8, 4) is 0 Å². The summed E-state index contributed by atoms with van der Waals surface area (Å²) < 4.78 is 0. The van der Waals surface area contributed by atoms with E-state index in [1.165, 1.54) is 19.3 Å². The zero-order valence-corrected chi connectivity index (χ0v) is 12.1. The molecule has 0 spiro atoms. The van der Waals surface area contributed by atoms with Crippen LogP contribution in [-0.2, 0) is 0 Å². The SMILES string of the molecule is Cc1c(NC(=O)N2CC3CCCC3C2)cccc1C(=O)O. The lowest BCUT2D eigenvalue weighted by molar-refractivity contribution is 0.0696. The number of carboxylic acid groups (broad SMARTS) is 1. The van der Waals surface area contributed by atoms with Crippen LogP contribution in [-0.4, -0.2) is 35.1 Å².